The monoisotopic (exact) mass is 420 g/mol. The summed E-state index contributed by atoms with van der Waals surface area (Å²) in [5.41, 5.74) is 3.97. The molecule has 160 valence electrons. The predicted octanol–water partition coefficient (Wildman–Crippen LogP) is 3.88. The molecule has 3 aromatic rings. The number of benzene rings is 1. The van der Waals surface area contributed by atoms with Crippen molar-refractivity contribution in [2.45, 2.75) is 26.2 Å². The second kappa shape index (κ2) is 10.3. The molecule has 1 N–H and O–H groups in total. The van der Waals surface area contributed by atoms with Crippen molar-refractivity contribution in [2.24, 2.45) is 0 Å². The summed E-state index contributed by atoms with van der Waals surface area (Å²) in [5, 5.41) is 9.42. The molecule has 0 aliphatic carbocycles. The number of carbonyl (C=O) groups excluding carboxylic acids is 1. The van der Waals surface area contributed by atoms with Gasteiger partial charge in [0.15, 0.2) is 5.69 Å². The summed E-state index contributed by atoms with van der Waals surface area (Å²) in [7, 11) is 1.36. The number of methoxy groups -OCH3 is 1. The van der Waals surface area contributed by atoms with Gasteiger partial charge in [0.2, 0.25) is 0 Å². The number of ether oxygens (including phenoxy) is 2. The van der Waals surface area contributed by atoms with Gasteiger partial charge in [-0.25, -0.2) is 9.78 Å². The van der Waals surface area contributed by atoms with E-state index in [2.05, 4.69) is 14.7 Å². The first-order chi connectivity index (χ1) is 15.0. The van der Waals surface area contributed by atoms with Crippen molar-refractivity contribution >= 4 is 11.9 Å². The Morgan fingerprint density at radius 1 is 1.03 bits per heavy atom. The fourth-order valence-corrected chi connectivity index (χ4v) is 3.24. The van der Waals surface area contributed by atoms with E-state index in [1.54, 1.807) is 18.3 Å². The molecule has 0 aliphatic rings. The first-order valence-electron chi connectivity index (χ1n) is 9.91. The lowest BCUT2D eigenvalue weighted by Gasteiger charge is -2.14. The van der Waals surface area contributed by atoms with Crippen molar-refractivity contribution in [3.8, 4) is 16.9 Å². The summed E-state index contributed by atoms with van der Waals surface area (Å²) in [4.78, 5) is 31.1. The van der Waals surface area contributed by atoms with Gasteiger partial charge in [-0.1, -0.05) is 24.3 Å². The summed E-state index contributed by atoms with van der Waals surface area (Å²) < 4.78 is 10.6. The van der Waals surface area contributed by atoms with Crippen LogP contribution in [0.1, 0.15) is 33.7 Å². The lowest BCUT2D eigenvalue weighted by atomic mass is 9.98. The van der Waals surface area contributed by atoms with Crippen LogP contribution in [0.15, 0.2) is 54.9 Å². The first-order valence-corrected chi connectivity index (χ1v) is 9.91. The molecule has 0 fully saturated rings. The molecule has 0 saturated heterocycles. The predicted molar refractivity (Wildman–Crippen MR) is 115 cm³/mol. The van der Waals surface area contributed by atoms with E-state index >= 15 is 0 Å². The fraction of sp³-hybridized carbons (Fsp3) is 0.250. The molecule has 2 heterocycles. The summed E-state index contributed by atoms with van der Waals surface area (Å²) in [6.07, 6.45) is 4.97. The average Bonchev–Trinajstić information content (AvgIpc) is 2.78. The molecule has 0 saturated carbocycles. The highest BCUT2D eigenvalue weighted by molar-refractivity contribution is 5.94. The number of aromatic nitrogens is 2. The van der Waals surface area contributed by atoms with Crippen molar-refractivity contribution in [1.82, 2.24) is 9.97 Å². The Hall–Kier alpha value is -3.74. The molecule has 1 aromatic carbocycles. The van der Waals surface area contributed by atoms with Gasteiger partial charge in [0.25, 0.3) is 0 Å². The second-order valence-electron chi connectivity index (χ2n) is 7.00. The third-order valence-electron chi connectivity index (χ3n) is 4.89. The zero-order valence-electron chi connectivity index (χ0n) is 17.5. The molecule has 0 amide bonds. The SMILES string of the molecule is COC(=O)Cc1ccc(CCCOc2cccc(-c3cccnc3C(=O)O)c2C)cn1. The van der Waals surface area contributed by atoms with Gasteiger partial charge in [0.05, 0.1) is 25.8 Å². The van der Waals surface area contributed by atoms with Crippen molar-refractivity contribution in [3.05, 3.63) is 77.4 Å². The standard InChI is InChI=1S/C24H24N2O5/c1-16-19(20-8-4-12-25-23(20)24(28)29)7-3-9-21(16)31-13-5-6-17-10-11-18(26-15-17)14-22(27)30-2/h3-4,7-12,15H,5-6,13-14H2,1-2H3,(H,28,29). The number of aromatic carboxylic acids is 1. The number of nitrogens with zero attached hydrogens (tertiary/aromatic N) is 2. The minimum atomic E-state index is -1.06. The van der Waals surface area contributed by atoms with Crippen LogP contribution >= 0.6 is 0 Å². The summed E-state index contributed by atoms with van der Waals surface area (Å²) in [6.45, 7) is 2.42. The van der Waals surface area contributed by atoms with Gasteiger partial charge in [0.1, 0.15) is 5.75 Å². The van der Waals surface area contributed by atoms with Crippen LogP contribution < -0.4 is 4.74 Å². The summed E-state index contributed by atoms with van der Waals surface area (Å²) in [5.74, 6) is -0.662. The third kappa shape index (κ3) is 5.66. The average molecular weight is 420 g/mol. The Kier molecular flexibility index (Phi) is 7.32. The Morgan fingerprint density at radius 2 is 1.84 bits per heavy atom. The molecule has 0 unspecified atom stereocenters. The molecule has 0 atom stereocenters. The molecule has 7 heteroatoms. The normalized spacial score (nSPS) is 10.5. The Labute approximate surface area is 180 Å². The Bertz CT molecular complexity index is 1060. The zero-order valence-corrected chi connectivity index (χ0v) is 17.5. The van der Waals surface area contributed by atoms with Crippen LogP contribution in [0.4, 0.5) is 0 Å². The Balaban J connectivity index is 1.60. The van der Waals surface area contributed by atoms with E-state index in [-0.39, 0.29) is 18.1 Å². The maximum atomic E-state index is 11.5. The highest BCUT2D eigenvalue weighted by Crippen LogP contribution is 2.31. The van der Waals surface area contributed by atoms with Crippen molar-refractivity contribution in [3.63, 3.8) is 0 Å². The van der Waals surface area contributed by atoms with Crippen LogP contribution in [0.3, 0.4) is 0 Å². The first kappa shape index (κ1) is 22.0. The molecule has 3 rings (SSSR count). The molecule has 2 aromatic heterocycles. The number of carboxylic acid groups (broad SMARTS) is 1. The van der Waals surface area contributed by atoms with E-state index in [1.807, 2.05) is 37.3 Å². The zero-order chi connectivity index (χ0) is 22.2. The van der Waals surface area contributed by atoms with Crippen LogP contribution in [0.25, 0.3) is 11.1 Å². The smallest absolute Gasteiger partial charge is 0.355 e. The Morgan fingerprint density at radius 3 is 2.55 bits per heavy atom. The van der Waals surface area contributed by atoms with Crippen LogP contribution in [-0.4, -0.2) is 40.7 Å². The molecule has 0 aliphatic heterocycles. The summed E-state index contributed by atoms with van der Waals surface area (Å²) >= 11 is 0. The van der Waals surface area contributed by atoms with E-state index in [1.165, 1.54) is 13.3 Å². The molecule has 0 spiro atoms. The topological polar surface area (TPSA) is 98.6 Å². The van der Waals surface area contributed by atoms with Gasteiger partial charge in [-0.2, -0.15) is 0 Å². The van der Waals surface area contributed by atoms with Gasteiger partial charge in [0, 0.05) is 18.0 Å². The van der Waals surface area contributed by atoms with E-state index in [0.717, 1.165) is 29.5 Å². The maximum absolute atomic E-state index is 11.5. The largest absolute Gasteiger partial charge is 0.493 e. The van der Waals surface area contributed by atoms with Crippen LogP contribution in [-0.2, 0) is 22.4 Å². The highest BCUT2D eigenvalue weighted by atomic mass is 16.5. The quantitative estimate of drug-likeness (QED) is 0.414. The fourth-order valence-electron chi connectivity index (χ4n) is 3.24. The lowest BCUT2D eigenvalue weighted by Crippen LogP contribution is -2.06. The second-order valence-corrected chi connectivity index (χ2v) is 7.00. The van der Waals surface area contributed by atoms with Crippen LogP contribution in [0, 0.1) is 6.92 Å². The lowest BCUT2D eigenvalue weighted by molar-refractivity contribution is -0.139. The van der Waals surface area contributed by atoms with Crippen LogP contribution in [0.2, 0.25) is 0 Å². The number of pyridine rings is 2. The van der Waals surface area contributed by atoms with Gasteiger partial charge in [-0.15, -0.1) is 0 Å². The minimum Gasteiger partial charge on any atom is -0.493 e. The number of hydrogen-bond acceptors (Lipinski definition) is 6. The number of rotatable bonds is 9. The number of hydrogen-bond donors (Lipinski definition) is 1. The van der Waals surface area contributed by atoms with E-state index in [4.69, 9.17) is 4.74 Å². The van der Waals surface area contributed by atoms with Crippen molar-refractivity contribution < 1.29 is 24.2 Å². The molecular formula is C24H24N2O5. The summed E-state index contributed by atoms with van der Waals surface area (Å²) in [6, 6.07) is 12.8. The highest BCUT2D eigenvalue weighted by Gasteiger charge is 2.16. The molecular weight excluding hydrogens is 396 g/mol. The molecule has 7 nitrogen and oxygen atoms in total. The third-order valence-corrected chi connectivity index (χ3v) is 4.89. The molecule has 0 bridgehead atoms. The van der Waals surface area contributed by atoms with Gasteiger partial charge < -0.3 is 14.6 Å². The number of carbonyl (C=O) groups is 2. The van der Waals surface area contributed by atoms with E-state index in [9.17, 15) is 14.7 Å². The number of esters is 1. The number of carboxylic acids is 1. The van der Waals surface area contributed by atoms with Gasteiger partial charge in [-0.05, 0) is 54.7 Å². The number of aryl methyl sites for hydroxylation is 1. The maximum Gasteiger partial charge on any atom is 0.355 e. The van der Waals surface area contributed by atoms with E-state index in [0.29, 0.717) is 23.6 Å². The van der Waals surface area contributed by atoms with Gasteiger partial charge in [-0.3, -0.25) is 9.78 Å². The van der Waals surface area contributed by atoms with Crippen molar-refractivity contribution in [1.29, 1.82) is 0 Å². The van der Waals surface area contributed by atoms with E-state index < -0.39 is 5.97 Å². The molecule has 0 radical (unpaired) electrons. The molecule has 31 heavy (non-hydrogen) atoms. The van der Waals surface area contributed by atoms with Crippen molar-refractivity contribution in [2.75, 3.05) is 13.7 Å². The minimum absolute atomic E-state index is 0.0193. The van der Waals surface area contributed by atoms with Gasteiger partial charge >= 0.3 is 11.9 Å². The van der Waals surface area contributed by atoms with Crippen LogP contribution in [0.5, 0.6) is 5.75 Å².